The molecular formula is C22H24Cl2N2O3. The zero-order valence-electron chi connectivity index (χ0n) is 16.2. The van der Waals surface area contributed by atoms with Crippen molar-refractivity contribution in [2.45, 2.75) is 25.9 Å². The summed E-state index contributed by atoms with van der Waals surface area (Å²) in [7, 11) is 0. The van der Waals surface area contributed by atoms with Gasteiger partial charge in [0.05, 0.1) is 16.8 Å². The van der Waals surface area contributed by atoms with E-state index in [-0.39, 0.29) is 17.9 Å². The number of halogens is 2. The molecule has 1 N–H and O–H groups in total. The van der Waals surface area contributed by atoms with Gasteiger partial charge in [0.15, 0.2) is 0 Å². The van der Waals surface area contributed by atoms with E-state index in [0.717, 1.165) is 5.56 Å². The number of amides is 2. The third kappa shape index (κ3) is 5.50. The Balaban J connectivity index is 1.43. The van der Waals surface area contributed by atoms with Crippen molar-refractivity contribution < 1.29 is 14.3 Å². The average Bonchev–Trinajstić information content (AvgIpc) is 3.11. The fraction of sp³-hybridized carbons (Fsp3) is 0.364. The molecule has 0 saturated carbocycles. The highest BCUT2D eigenvalue weighted by atomic mass is 35.5. The quantitative estimate of drug-likeness (QED) is 0.486. The fourth-order valence-corrected chi connectivity index (χ4v) is 3.73. The summed E-state index contributed by atoms with van der Waals surface area (Å²) in [6.45, 7) is 3.43. The first-order valence-corrected chi connectivity index (χ1v) is 10.4. The van der Waals surface area contributed by atoms with Gasteiger partial charge in [-0.15, -0.1) is 0 Å². The molecule has 2 amide bonds. The number of hydrogen-bond acceptors (Lipinski definition) is 3. The molecule has 29 heavy (non-hydrogen) atoms. The second-order valence-electron chi connectivity index (χ2n) is 7.00. The molecular weight excluding hydrogens is 411 g/mol. The molecule has 0 radical (unpaired) electrons. The molecule has 0 aliphatic carbocycles. The minimum atomic E-state index is -0.700. The van der Waals surface area contributed by atoms with E-state index in [1.54, 1.807) is 18.2 Å². The standard InChI is InChI=1S/C22H24Cl2N2O3/c1-15(16-6-3-2-4-7-16)29-13-5-11-25-21(27)18-10-12-26(22(18)28)20-14-17(23)8-9-19(20)24/h2-4,6-9,14-15,18H,5,10-13H2,1H3,(H,25,27). The molecule has 154 valence electrons. The highest BCUT2D eigenvalue weighted by molar-refractivity contribution is 6.36. The zero-order chi connectivity index (χ0) is 20.8. The lowest BCUT2D eigenvalue weighted by Gasteiger charge is -2.18. The summed E-state index contributed by atoms with van der Waals surface area (Å²) in [5.74, 6) is -1.21. The molecule has 3 rings (SSSR count). The lowest BCUT2D eigenvalue weighted by Crippen LogP contribution is -2.37. The molecule has 5 nitrogen and oxygen atoms in total. The molecule has 2 unspecified atom stereocenters. The summed E-state index contributed by atoms with van der Waals surface area (Å²) >= 11 is 12.2. The van der Waals surface area contributed by atoms with E-state index in [1.165, 1.54) is 4.90 Å². The Hall–Kier alpha value is -2.08. The van der Waals surface area contributed by atoms with E-state index in [4.69, 9.17) is 27.9 Å². The Morgan fingerprint density at radius 1 is 1.24 bits per heavy atom. The van der Waals surface area contributed by atoms with Crippen LogP contribution in [-0.2, 0) is 14.3 Å². The van der Waals surface area contributed by atoms with Crippen molar-refractivity contribution in [2.75, 3.05) is 24.6 Å². The normalized spacial score (nSPS) is 17.4. The molecule has 0 spiro atoms. The molecule has 1 aliphatic heterocycles. The van der Waals surface area contributed by atoms with E-state index >= 15 is 0 Å². The minimum absolute atomic E-state index is 0.000635. The van der Waals surface area contributed by atoms with Crippen molar-refractivity contribution >= 4 is 40.7 Å². The molecule has 1 saturated heterocycles. The molecule has 2 aromatic rings. The second kappa shape index (κ2) is 10.1. The van der Waals surface area contributed by atoms with Crippen molar-refractivity contribution in [1.29, 1.82) is 0 Å². The number of rotatable bonds is 8. The van der Waals surface area contributed by atoms with Crippen LogP contribution in [-0.4, -0.2) is 31.5 Å². The number of benzene rings is 2. The van der Waals surface area contributed by atoms with Crippen LogP contribution in [0.1, 0.15) is 31.4 Å². The van der Waals surface area contributed by atoms with E-state index in [0.29, 0.717) is 48.3 Å². The average molecular weight is 435 g/mol. The minimum Gasteiger partial charge on any atom is -0.374 e. The van der Waals surface area contributed by atoms with E-state index < -0.39 is 5.92 Å². The predicted molar refractivity (Wildman–Crippen MR) is 115 cm³/mol. The molecule has 0 bridgehead atoms. The maximum absolute atomic E-state index is 12.7. The first kappa shape index (κ1) is 21.6. The monoisotopic (exact) mass is 434 g/mol. The van der Waals surface area contributed by atoms with Gasteiger partial charge in [-0.05, 0) is 43.5 Å². The van der Waals surface area contributed by atoms with Gasteiger partial charge in [0.2, 0.25) is 11.8 Å². The molecule has 2 atom stereocenters. The summed E-state index contributed by atoms with van der Waals surface area (Å²) < 4.78 is 5.80. The fourth-order valence-electron chi connectivity index (χ4n) is 3.34. The van der Waals surface area contributed by atoms with Crippen LogP contribution in [0.4, 0.5) is 5.69 Å². The topological polar surface area (TPSA) is 58.6 Å². The molecule has 0 aromatic heterocycles. The maximum Gasteiger partial charge on any atom is 0.239 e. The number of anilines is 1. The van der Waals surface area contributed by atoms with Crippen molar-refractivity contribution in [1.82, 2.24) is 5.32 Å². The lowest BCUT2D eigenvalue weighted by atomic mass is 10.1. The van der Waals surface area contributed by atoms with Crippen molar-refractivity contribution in [3.63, 3.8) is 0 Å². The maximum atomic E-state index is 12.7. The van der Waals surface area contributed by atoms with E-state index in [2.05, 4.69) is 5.32 Å². The summed E-state index contributed by atoms with van der Waals surface area (Å²) in [6.07, 6.45) is 1.13. The lowest BCUT2D eigenvalue weighted by molar-refractivity contribution is -0.132. The van der Waals surface area contributed by atoms with Gasteiger partial charge in [-0.25, -0.2) is 0 Å². The Morgan fingerprint density at radius 2 is 2.00 bits per heavy atom. The van der Waals surface area contributed by atoms with E-state index in [1.807, 2.05) is 37.3 Å². The van der Waals surface area contributed by atoms with Crippen molar-refractivity contribution in [3.8, 4) is 0 Å². The van der Waals surface area contributed by atoms with Gasteiger partial charge in [-0.2, -0.15) is 0 Å². The third-order valence-corrected chi connectivity index (χ3v) is 5.53. The van der Waals surface area contributed by atoms with E-state index in [9.17, 15) is 9.59 Å². The summed E-state index contributed by atoms with van der Waals surface area (Å²) in [6, 6.07) is 14.9. The predicted octanol–water partition coefficient (Wildman–Crippen LogP) is 4.63. The number of nitrogens with one attached hydrogen (secondary N) is 1. The number of carbonyl (C=O) groups is 2. The Morgan fingerprint density at radius 3 is 2.76 bits per heavy atom. The second-order valence-corrected chi connectivity index (χ2v) is 7.84. The Bertz CT molecular complexity index is 860. The van der Waals surface area contributed by atoms with Gasteiger partial charge in [0, 0.05) is 24.7 Å². The van der Waals surface area contributed by atoms with Gasteiger partial charge in [-0.1, -0.05) is 53.5 Å². The van der Waals surface area contributed by atoms with Crippen LogP contribution in [0.15, 0.2) is 48.5 Å². The highest BCUT2D eigenvalue weighted by Crippen LogP contribution is 2.33. The number of ether oxygens (including phenoxy) is 1. The number of nitrogens with zero attached hydrogens (tertiary/aromatic N) is 1. The Kier molecular flexibility index (Phi) is 7.53. The van der Waals surface area contributed by atoms with Crippen LogP contribution in [0.3, 0.4) is 0 Å². The van der Waals surface area contributed by atoms with Crippen LogP contribution in [0.2, 0.25) is 10.0 Å². The molecule has 7 heteroatoms. The largest absolute Gasteiger partial charge is 0.374 e. The molecule has 1 aliphatic rings. The SMILES string of the molecule is CC(OCCCNC(=O)C1CCN(c2cc(Cl)ccc2Cl)C1=O)c1ccccc1. The van der Waals surface area contributed by atoms with Crippen LogP contribution in [0.25, 0.3) is 0 Å². The molecule has 2 aromatic carbocycles. The third-order valence-electron chi connectivity index (χ3n) is 4.98. The first-order valence-electron chi connectivity index (χ1n) is 9.68. The number of carbonyl (C=O) groups excluding carboxylic acids is 2. The summed E-state index contributed by atoms with van der Waals surface area (Å²) in [4.78, 5) is 26.7. The molecule has 1 heterocycles. The number of hydrogen-bond donors (Lipinski definition) is 1. The highest BCUT2D eigenvalue weighted by Gasteiger charge is 2.38. The van der Waals surface area contributed by atoms with Crippen LogP contribution in [0, 0.1) is 5.92 Å². The summed E-state index contributed by atoms with van der Waals surface area (Å²) in [5, 5.41) is 3.77. The van der Waals surface area contributed by atoms with Crippen LogP contribution < -0.4 is 10.2 Å². The van der Waals surface area contributed by atoms with Gasteiger partial charge in [0.1, 0.15) is 5.92 Å². The van der Waals surface area contributed by atoms with Gasteiger partial charge in [-0.3, -0.25) is 9.59 Å². The van der Waals surface area contributed by atoms with Crippen LogP contribution in [0.5, 0.6) is 0 Å². The Labute approximate surface area is 180 Å². The van der Waals surface area contributed by atoms with Gasteiger partial charge in [0.25, 0.3) is 0 Å². The smallest absolute Gasteiger partial charge is 0.239 e. The summed E-state index contributed by atoms with van der Waals surface area (Å²) in [5.41, 5.74) is 1.66. The molecule has 1 fully saturated rings. The van der Waals surface area contributed by atoms with Crippen molar-refractivity contribution in [2.24, 2.45) is 5.92 Å². The van der Waals surface area contributed by atoms with Crippen LogP contribution >= 0.6 is 23.2 Å². The van der Waals surface area contributed by atoms with Gasteiger partial charge < -0.3 is 15.0 Å². The van der Waals surface area contributed by atoms with Gasteiger partial charge >= 0.3 is 0 Å². The zero-order valence-corrected chi connectivity index (χ0v) is 17.7. The first-order chi connectivity index (χ1) is 14.0. The van der Waals surface area contributed by atoms with Crippen molar-refractivity contribution in [3.05, 3.63) is 64.1 Å².